The quantitative estimate of drug-likeness (QED) is 0.853. The SMILES string of the molecule is CC(C)C[C@H](N)C(=O)NC(C)c1ccc(Cl)cc1Cl.Cl. The summed E-state index contributed by atoms with van der Waals surface area (Å²) in [6, 6.07) is 4.53. The molecule has 0 fully saturated rings. The molecule has 1 aromatic rings. The third kappa shape index (κ3) is 5.88. The summed E-state index contributed by atoms with van der Waals surface area (Å²) in [5, 5.41) is 3.98. The first-order chi connectivity index (χ1) is 8.81. The van der Waals surface area contributed by atoms with E-state index in [4.69, 9.17) is 28.9 Å². The summed E-state index contributed by atoms with van der Waals surface area (Å²) in [6.45, 7) is 5.94. The monoisotopic (exact) mass is 338 g/mol. The van der Waals surface area contributed by atoms with E-state index in [-0.39, 0.29) is 24.4 Å². The molecule has 0 saturated carbocycles. The second-order valence-corrected chi connectivity index (χ2v) is 5.98. The molecule has 2 atom stereocenters. The molecule has 0 radical (unpaired) electrons. The Kier molecular flexibility index (Phi) is 8.52. The Balaban J connectivity index is 0.00000361. The molecule has 0 heterocycles. The molecule has 1 aromatic carbocycles. The highest BCUT2D eigenvalue weighted by atomic mass is 35.5. The Hall–Kier alpha value is -0.480. The fourth-order valence-electron chi connectivity index (χ4n) is 1.87. The molecular weight excluding hydrogens is 319 g/mol. The summed E-state index contributed by atoms with van der Waals surface area (Å²) in [5.74, 6) is 0.224. The van der Waals surface area contributed by atoms with Gasteiger partial charge in [0.15, 0.2) is 0 Å². The number of carbonyl (C=O) groups is 1. The van der Waals surface area contributed by atoms with E-state index in [2.05, 4.69) is 5.32 Å². The van der Waals surface area contributed by atoms with E-state index < -0.39 is 6.04 Å². The van der Waals surface area contributed by atoms with Gasteiger partial charge in [0.1, 0.15) is 0 Å². The molecule has 114 valence electrons. The van der Waals surface area contributed by atoms with Gasteiger partial charge in [0.05, 0.1) is 12.1 Å². The van der Waals surface area contributed by atoms with Crippen molar-refractivity contribution in [2.75, 3.05) is 0 Å². The molecule has 3 nitrogen and oxygen atoms in total. The van der Waals surface area contributed by atoms with Crippen LogP contribution in [0, 0.1) is 5.92 Å². The van der Waals surface area contributed by atoms with Crippen molar-refractivity contribution in [2.45, 2.75) is 39.3 Å². The van der Waals surface area contributed by atoms with Crippen LogP contribution in [0.4, 0.5) is 0 Å². The fourth-order valence-corrected chi connectivity index (χ4v) is 2.44. The number of rotatable bonds is 5. The molecule has 3 N–H and O–H groups in total. The van der Waals surface area contributed by atoms with Gasteiger partial charge in [-0.2, -0.15) is 0 Å². The number of nitrogens with one attached hydrogen (secondary N) is 1. The number of nitrogens with two attached hydrogens (primary N) is 1. The zero-order valence-corrected chi connectivity index (χ0v) is 14.1. The lowest BCUT2D eigenvalue weighted by Gasteiger charge is -2.19. The Morgan fingerprint density at radius 1 is 1.30 bits per heavy atom. The zero-order chi connectivity index (χ0) is 14.6. The maximum atomic E-state index is 11.9. The predicted molar refractivity (Wildman–Crippen MR) is 87.7 cm³/mol. The standard InChI is InChI=1S/C14H20Cl2N2O.ClH/c1-8(2)6-13(17)14(19)18-9(3)11-5-4-10(15)7-12(11)16;/h4-5,7-9,13H,6,17H2,1-3H3,(H,18,19);1H/t9?,13-;/m0./s1. The molecule has 20 heavy (non-hydrogen) atoms. The lowest BCUT2D eigenvalue weighted by molar-refractivity contribution is -0.123. The smallest absolute Gasteiger partial charge is 0.237 e. The maximum absolute atomic E-state index is 11.9. The number of hydrogen-bond donors (Lipinski definition) is 2. The summed E-state index contributed by atoms with van der Waals surface area (Å²) < 4.78 is 0. The molecule has 0 bridgehead atoms. The van der Waals surface area contributed by atoms with E-state index in [9.17, 15) is 4.79 Å². The highest BCUT2D eigenvalue weighted by Crippen LogP contribution is 2.26. The van der Waals surface area contributed by atoms with Gasteiger partial charge in [-0.15, -0.1) is 12.4 Å². The first-order valence-corrected chi connectivity index (χ1v) is 7.07. The van der Waals surface area contributed by atoms with Gasteiger partial charge in [-0.05, 0) is 37.0 Å². The van der Waals surface area contributed by atoms with Crippen molar-refractivity contribution in [1.82, 2.24) is 5.32 Å². The van der Waals surface area contributed by atoms with Gasteiger partial charge in [0.25, 0.3) is 0 Å². The molecule has 1 rings (SSSR count). The van der Waals surface area contributed by atoms with E-state index in [1.807, 2.05) is 26.8 Å². The third-order valence-electron chi connectivity index (χ3n) is 2.85. The highest BCUT2D eigenvalue weighted by Gasteiger charge is 2.18. The largest absolute Gasteiger partial charge is 0.348 e. The van der Waals surface area contributed by atoms with Crippen LogP contribution in [0.5, 0.6) is 0 Å². The van der Waals surface area contributed by atoms with E-state index in [0.717, 1.165) is 5.56 Å². The number of halogens is 3. The number of amides is 1. The van der Waals surface area contributed by atoms with Crippen molar-refractivity contribution in [3.63, 3.8) is 0 Å². The Bertz CT molecular complexity index is 452. The van der Waals surface area contributed by atoms with Crippen LogP contribution in [0.3, 0.4) is 0 Å². The van der Waals surface area contributed by atoms with Crippen molar-refractivity contribution < 1.29 is 4.79 Å². The molecule has 1 unspecified atom stereocenters. The van der Waals surface area contributed by atoms with Crippen molar-refractivity contribution in [2.24, 2.45) is 11.7 Å². The minimum atomic E-state index is -0.492. The van der Waals surface area contributed by atoms with Crippen LogP contribution < -0.4 is 11.1 Å². The average Bonchev–Trinajstić information content (AvgIpc) is 2.27. The van der Waals surface area contributed by atoms with Crippen molar-refractivity contribution in [1.29, 1.82) is 0 Å². The van der Waals surface area contributed by atoms with Gasteiger partial charge in [0, 0.05) is 10.0 Å². The summed E-state index contributed by atoms with van der Waals surface area (Å²) >= 11 is 11.9. The van der Waals surface area contributed by atoms with Crippen molar-refractivity contribution in [3.05, 3.63) is 33.8 Å². The molecular formula is C14H21Cl3N2O. The van der Waals surface area contributed by atoms with Gasteiger partial charge in [0.2, 0.25) is 5.91 Å². The van der Waals surface area contributed by atoms with Crippen molar-refractivity contribution >= 4 is 41.5 Å². The lowest BCUT2D eigenvalue weighted by atomic mass is 10.0. The van der Waals surface area contributed by atoms with Crippen LogP contribution >= 0.6 is 35.6 Å². The van der Waals surface area contributed by atoms with Gasteiger partial charge < -0.3 is 11.1 Å². The minimum Gasteiger partial charge on any atom is -0.348 e. The lowest BCUT2D eigenvalue weighted by Crippen LogP contribution is -2.42. The summed E-state index contributed by atoms with van der Waals surface area (Å²) in [6.07, 6.45) is 0.660. The Morgan fingerprint density at radius 3 is 2.40 bits per heavy atom. The topological polar surface area (TPSA) is 55.1 Å². The Labute approximate surface area is 136 Å². The second-order valence-electron chi connectivity index (χ2n) is 5.13. The average molecular weight is 340 g/mol. The van der Waals surface area contributed by atoms with E-state index in [1.165, 1.54) is 0 Å². The first-order valence-electron chi connectivity index (χ1n) is 6.32. The van der Waals surface area contributed by atoms with Crippen LogP contribution in [-0.4, -0.2) is 11.9 Å². The summed E-state index contributed by atoms with van der Waals surface area (Å²) in [5.41, 5.74) is 6.67. The predicted octanol–water partition coefficient (Wildman–Crippen LogP) is 3.97. The van der Waals surface area contributed by atoms with E-state index in [1.54, 1.807) is 12.1 Å². The van der Waals surface area contributed by atoms with Gasteiger partial charge in [-0.3, -0.25) is 4.79 Å². The second kappa shape index (κ2) is 8.73. The minimum absolute atomic E-state index is 0. The highest BCUT2D eigenvalue weighted by molar-refractivity contribution is 6.35. The summed E-state index contributed by atoms with van der Waals surface area (Å²) in [7, 11) is 0. The molecule has 0 aliphatic carbocycles. The van der Waals surface area contributed by atoms with Crippen LogP contribution in [0.1, 0.15) is 38.8 Å². The Morgan fingerprint density at radius 2 is 1.90 bits per heavy atom. The fraction of sp³-hybridized carbons (Fsp3) is 0.500. The van der Waals surface area contributed by atoms with Crippen LogP contribution in [-0.2, 0) is 4.79 Å². The number of hydrogen-bond acceptors (Lipinski definition) is 2. The van der Waals surface area contributed by atoms with Crippen LogP contribution in [0.2, 0.25) is 10.0 Å². The van der Waals surface area contributed by atoms with Crippen LogP contribution in [0.15, 0.2) is 18.2 Å². The van der Waals surface area contributed by atoms with Crippen molar-refractivity contribution in [3.8, 4) is 0 Å². The molecule has 0 aliphatic heterocycles. The third-order valence-corrected chi connectivity index (χ3v) is 3.41. The summed E-state index contributed by atoms with van der Waals surface area (Å²) in [4.78, 5) is 11.9. The van der Waals surface area contributed by atoms with Gasteiger partial charge >= 0.3 is 0 Å². The molecule has 0 aromatic heterocycles. The van der Waals surface area contributed by atoms with Gasteiger partial charge in [-0.25, -0.2) is 0 Å². The molecule has 6 heteroatoms. The van der Waals surface area contributed by atoms with E-state index in [0.29, 0.717) is 22.4 Å². The maximum Gasteiger partial charge on any atom is 0.237 e. The number of benzene rings is 1. The van der Waals surface area contributed by atoms with Crippen LogP contribution in [0.25, 0.3) is 0 Å². The molecule has 0 saturated heterocycles. The molecule has 0 aliphatic rings. The molecule has 0 spiro atoms. The first kappa shape index (κ1) is 19.5. The van der Waals surface area contributed by atoms with E-state index >= 15 is 0 Å². The molecule has 1 amide bonds. The normalized spacial score (nSPS) is 13.6. The van der Waals surface area contributed by atoms with Gasteiger partial charge in [-0.1, -0.05) is 43.1 Å². The number of carbonyl (C=O) groups excluding carboxylic acids is 1. The zero-order valence-electron chi connectivity index (χ0n) is 11.8.